The Kier molecular flexibility index (Phi) is 5.46. The number of nitrogens with one attached hydrogen (secondary N) is 2. The number of carbonyl (C=O) groups is 1. The second kappa shape index (κ2) is 7.33. The first-order valence-corrected chi connectivity index (χ1v) is 7.59. The van der Waals surface area contributed by atoms with E-state index in [-0.39, 0.29) is 11.0 Å². The average Bonchev–Trinajstić information content (AvgIpc) is 2.51. The molecule has 0 atom stereocenters. The minimum absolute atomic E-state index is 0.182. The highest BCUT2D eigenvalue weighted by molar-refractivity contribution is 9.10. The van der Waals surface area contributed by atoms with Gasteiger partial charge in [0, 0.05) is 10.0 Å². The number of hydrogen-bond donors (Lipinski definition) is 2. The van der Waals surface area contributed by atoms with E-state index in [0.29, 0.717) is 17.1 Å². The van der Waals surface area contributed by atoms with Crippen LogP contribution in [0.2, 0.25) is 0 Å². The summed E-state index contributed by atoms with van der Waals surface area (Å²) in [6.45, 7) is 1.87. The standard InChI is InChI=1S/C15H14BrN3O2S/c1-9-12(16)6-7-13(17-9)18-15(22)19-14(20)10-4-3-5-11(8-10)21-2/h3-8H,1-2H3,(H2,17,18,19,20,22). The summed E-state index contributed by atoms with van der Waals surface area (Å²) < 4.78 is 5.99. The third-order valence-corrected chi connectivity index (χ3v) is 3.86. The fraction of sp³-hybridized carbons (Fsp3) is 0.133. The van der Waals surface area contributed by atoms with Gasteiger partial charge in [-0.3, -0.25) is 10.1 Å². The zero-order valence-corrected chi connectivity index (χ0v) is 14.4. The molecule has 0 saturated heterocycles. The molecule has 0 unspecified atom stereocenters. The topological polar surface area (TPSA) is 63.2 Å². The van der Waals surface area contributed by atoms with Crippen LogP contribution in [0.1, 0.15) is 16.1 Å². The zero-order chi connectivity index (χ0) is 16.1. The number of halogens is 1. The van der Waals surface area contributed by atoms with Crippen molar-refractivity contribution in [1.82, 2.24) is 10.3 Å². The molecule has 22 heavy (non-hydrogen) atoms. The fourth-order valence-corrected chi connectivity index (χ4v) is 2.12. The number of pyridine rings is 1. The summed E-state index contributed by atoms with van der Waals surface area (Å²) in [5.41, 5.74) is 1.29. The molecule has 0 aliphatic rings. The Morgan fingerprint density at radius 3 is 2.77 bits per heavy atom. The van der Waals surface area contributed by atoms with Gasteiger partial charge in [-0.1, -0.05) is 6.07 Å². The van der Waals surface area contributed by atoms with Gasteiger partial charge < -0.3 is 10.1 Å². The minimum Gasteiger partial charge on any atom is -0.497 e. The highest BCUT2D eigenvalue weighted by atomic mass is 79.9. The number of ether oxygens (including phenoxy) is 1. The molecule has 0 aliphatic carbocycles. The molecule has 0 spiro atoms. The lowest BCUT2D eigenvalue weighted by molar-refractivity contribution is 0.0977. The normalized spacial score (nSPS) is 9.95. The first kappa shape index (κ1) is 16.4. The molecule has 1 amide bonds. The van der Waals surface area contributed by atoms with Crippen molar-refractivity contribution in [2.75, 3.05) is 12.4 Å². The summed E-state index contributed by atoms with van der Waals surface area (Å²) in [6, 6.07) is 10.5. The lowest BCUT2D eigenvalue weighted by Gasteiger charge is -2.10. The van der Waals surface area contributed by atoms with Crippen LogP contribution in [-0.2, 0) is 0 Å². The number of methoxy groups -OCH3 is 1. The Morgan fingerprint density at radius 1 is 1.32 bits per heavy atom. The number of nitrogens with zero attached hydrogens (tertiary/aromatic N) is 1. The van der Waals surface area contributed by atoms with E-state index >= 15 is 0 Å². The molecule has 0 saturated carbocycles. The molecule has 1 heterocycles. The van der Waals surface area contributed by atoms with Gasteiger partial charge in [-0.05, 0) is 65.4 Å². The van der Waals surface area contributed by atoms with E-state index in [2.05, 4.69) is 31.5 Å². The van der Waals surface area contributed by atoms with Crippen molar-refractivity contribution in [3.05, 3.63) is 52.1 Å². The quantitative estimate of drug-likeness (QED) is 0.801. The maximum atomic E-state index is 12.1. The third kappa shape index (κ3) is 4.25. The van der Waals surface area contributed by atoms with Crippen LogP contribution in [0, 0.1) is 6.92 Å². The minimum atomic E-state index is -0.315. The monoisotopic (exact) mass is 379 g/mol. The number of aromatic nitrogens is 1. The highest BCUT2D eigenvalue weighted by Crippen LogP contribution is 2.16. The lowest BCUT2D eigenvalue weighted by atomic mass is 10.2. The first-order valence-electron chi connectivity index (χ1n) is 6.39. The summed E-state index contributed by atoms with van der Waals surface area (Å²) in [5.74, 6) is 0.860. The number of thiocarbonyl (C=S) groups is 1. The molecule has 2 N–H and O–H groups in total. The van der Waals surface area contributed by atoms with Crippen molar-refractivity contribution in [3.8, 4) is 5.75 Å². The van der Waals surface area contributed by atoms with Gasteiger partial charge in [0.05, 0.1) is 12.8 Å². The molecule has 0 bridgehead atoms. The van der Waals surface area contributed by atoms with Crippen LogP contribution in [0.3, 0.4) is 0 Å². The Balaban J connectivity index is 2.01. The second-order valence-electron chi connectivity index (χ2n) is 4.40. The first-order chi connectivity index (χ1) is 10.5. The van der Waals surface area contributed by atoms with Gasteiger partial charge in [0.15, 0.2) is 5.11 Å². The van der Waals surface area contributed by atoms with Crippen molar-refractivity contribution in [1.29, 1.82) is 0 Å². The van der Waals surface area contributed by atoms with Gasteiger partial charge in [-0.25, -0.2) is 4.98 Å². The average molecular weight is 380 g/mol. The Hall–Kier alpha value is -1.99. The number of aryl methyl sites for hydroxylation is 1. The van der Waals surface area contributed by atoms with Gasteiger partial charge in [-0.15, -0.1) is 0 Å². The van der Waals surface area contributed by atoms with Crippen molar-refractivity contribution >= 4 is 45.0 Å². The number of anilines is 1. The van der Waals surface area contributed by atoms with E-state index in [1.165, 1.54) is 0 Å². The lowest BCUT2D eigenvalue weighted by Crippen LogP contribution is -2.34. The zero-order valence-electron chi connectivity index (χ0n) is 12.0. The fourth-order valence-electron chi connectivity index (χ4n) is 1.70. The van der Waals surface area contributed by atoms with Crippen molar-refractivity contribution < 1.29 is 9.53 Å². The van der Waals surface area contributed by atoms with Crippen molar-refractivity contribution in [3.63, 3.8) is 0 Å². The van der Waals surface area contributed by atoms with Crippen LogP contribution in [0.5, 0.6) is 5.75 Å². The van der Waals surface area contributed by atoms with Crippen molar-refractivity contribution in [2.24, 2.45) is 0 Å². The Morgan fingerprint density at radius 2 is 2.09 bits per heavy atom. The van der Waals surface area contributed by atoms with Gasteiger partial charge in [0.25, 0.3) is 5.91 Å². The largest absolute Gasteiger partial charge is 0.497 e. The molecule has 0 fully saturated rings. The molecule has 114 valence electrons. The number of rotatable bonds is 3. The number of benzene rings is 1. The molecule has 1 aromatic carbocycles. The third-order valence-electron chi connectivity index (χ3n) is 2.82. The van der Waals surface area contributed by atoms with E-state index in [0.717, 1.165) is 10.2 Å². The molecule has 2 aromatic rings. The summed E-state index contributed by atoms with van der Waals surface area (Å²) >= 11 is 8.50. The maximum Gasteiger partial charge on any atom is 0.257 e. The molecule has 5 nitrogen and oxygen atoms in total. The van der Waals surface area contributed by atoms with E-state index in [9.17, 15) is 4.79 Å². The van der Waals surface area contributed by atoms with Crippen molar-refractivity contribution in [2.45, 2.75) is 6.92 Å². The van der Waals surface area contributed by atoms with Crippen LogP contribution in [0.15, 0.2) is 40.9 Å². The van der Waals surface area contributed by atoms with Gasteiger partial charge in [0.1, 0.15) is 11.6 Å². The van der Waals surface area contributed by atoms with Crippen LogP contribution >= 0.6 is 28.1 Å². The van der Waals surface area contributed by atoms with E-state index in [1.807, 2.05) is 13.0 Å². The van der Waals surface area contributed by atoms with Crippen LogP contribution in [0.25, 0.3) is 0 Å². The molecule has 1 aromatic heterocycles. The summed E-state index contributed by atoms with van der Waals surface area (Å²) in [5, 5.41) is 5.66. The predicted molar refractivity (Wildman–Crippen MR) is 93.4 cm³/mol. The smallest absolute Gasteiger partial charge is 0.257 e. The van der Waals surface area contributed by atoms with Gasteiger partial charge in [-0.2, -0.15) is 0 Å². The van der Waals surface area contributed by atoms with Crippen LogP contribution in [0.4, 0.5) is 5.82 Å². The summed E-state index contributed by atoms with van der Waals surface area (Å²) in [7, 11) is 1.55. The molecule has 0 radical (unpaired) electrons. The molecule has 2 rings (SSSR count). The van der Waals surface area contributed by atoms with Crippen LogP contribution < -0.4 is 15.4 Å². The maximum absolute atomic E-state index is 12.1. The van der Waals surface area contributed by atoms with E-state index < -0.39 is 0 Å². The SMILES string of the molecule is COc1cccc(C(=O)NC(=S)Nc2ccc(Br)c(C)n2)c1. The molecule has 0 aliphatic heterocycles. The predicted octanol–water partition coefficient (Wildman–Crippen LogP) is 3.29. The molecular formula is C15H14BrN3O2S. The summed E-state index contributed by atoms with van der Waals surface area (Å²) in [4.78, 5) is 16.4. The second-order valence-corrected chi connectivity index (χ2v) is 5.67. The Bertz CT molecular complexity index is 722. The molecular weight excluding hydrogens is 366 g/mol. The highest BCUT2D eigenvalue weighted by Gasteiger charge is 2.09. The van der Waals surface area contributed by atoms with Gasteiger partial charge in [0.2, 0.25) is 0 Å². The van der Waals surface area contributed by atoms with E-state index in [4.69, 9.17) is 17.0 Å². The number of carbonyl (C=O) groups excluding carboxylic acids is 1. The van der Waals surface area contributed by atoms with Gasteiger partial charge >= 0.3 is 0 Å². The number of amides is 1. The van der Waals surface area contributed by atoms with Crippen LogP contribution in [-0.4, -0.2) is 23.1 Å². The summed E-state index contributed by atoms with van der Waals surface area (Å²) in [6.07, 6.45) is 0. The van der Waals surface area contributed by atoms with E-state index in [1.54, 1.807) is 37.4 Å². The molecule has 7 heteroatoms. The number of hydrogen-bond acceptors (Lipinski definition) is 4. The Labute approximate surface area is 142 Å².